The third kappa shape index (κ3) is 4.09. The first-order chi connectivity index (χ1) is 10.3. The molecule has 1 amide bonds. The summed E-state index contributed by atoms with van der Waals surface area (Å²) in [5.74, 6) is 0.396. The van der Waals surface area contributed by atoms with Crippen LogP contribution in [0.25, 0.3) is 0 Å². The number of benzene rings is 1. The van der Waals surface area contributed by atoms with E-state index in [2.05, 4.69) is 0 Å². The average molecular weight is 310 g/mol. The first kappa shape index (κ1) is 17.7. The van der Waals surface area contributed by atoms with Crippen LogP contribution in [0.4, 0.5) is 5.69 Å². The third-order valence-corrected chi connectivity index (χ3v) is 2.99. The van der Waals surface area contributed by atoms with Crippen molar-refractivity contribution < 1.29 is 19.2 Å². The zero-order valence-corrected chi connectivity index (χ0v) is 13.6. The van der Waals surface area contributed by atoms with Gasteiger partial charge in [0, 0.05) is 19.7 Å². The summed E-state index contributed by atoms with van der Waals surface area (Å²) in [7, 11) is 3.05. The summed E-state index contributed by atoms with van der Waals surface area (Å²) >= 11 is 0. The Labute approximate surface area is 130 Å². The molecule has 0 fully saturated rings. The first-order valence-corrected chi connectivity index (χ1v) is 7.06. The number of nitro benzene ring substituents is 1. The van der Waals surface area contributed by atoms with E-state index >= 15 is 0 Å². The van der Waals surface area contributed by atoms with Gasteiger partial charge in [-0.2, -0.15) is 0 Å². The molecule has 122 valence electrons. The lowest BCUT2D eigenvalue weighted by Crippen LogP contribution is -2.30. The molecule has 7 nitrogen and oxygen atoms in total. The van der Waals surface area contributed by atoms with Gasteiger partial charge in [0.25, 0.3) is 11.6 Å². The number of hydrogen-bond acceptors (Lipinski definition) is 5. The number of amides is 1. The van der Waals surface area contributed by atoms with Crippen molar-refractivity contribution in [2.24, 2.45) is 5.92 Å². The smallest absolute Gasteiger partial charge is 0.286 e. The van der Waals surface area contributed by atoms with Gasteiger partial charge in [0.2, 0.25) is 0 Å². The Morgan fingerprint density at radius 1 is 1.36 bits per heavy atom. The quantitative estimate of drug-likeness (QED) is 0.571. The van der Waals surface area contributed by atoms with Crippen molar-refractivity contribution in [2.75, 3.05) is 27.3 Å². The number of nitro groups is 1. The van der Waals surface area contributed by atoms with E-state index in [0.29, 0.717) is 18.9 Å². The number of ether oxygens (including phenoxy) is 2. The number of rotatable bonds is 7. The second-order valence-electron chi connectivity index (χ2n) is 5.29. The van der Waals surface area contributed by atoms with E-state index in [-0.39, 0.29) is 22.9 Å². The predicted molar refractivity (Wildman–Crippen MR) is 82.6 cm³/mol. The van der Waals surface area contributed by atoms with Crippen molar-refractivity contribution in [1.29, 1.82) is 0 Å². The SMILES string of the molecule is CCOc1cc([N+](=O)[O-])c(C(=O)N(C)CC(C)C)cc1OC. The van der Waals surface area contributed by atoms with Gasteiger partial charge in [-0.05, 0) is 12.8 Å². The highest BCUT2D eigenvalue weighted by atomic mass is 16.6. The molecule has 0 aliphatic heterocycles. The van der Waals surface area contributed by atoms with Crippen LogP contribution in [-0.4, -0.2) is 43.0 Å². The van der Waals surface area contributed by atoms with Crippen molar-refractivity contribution in [2.45, 2.75) is 20.8 Å². The minimum Gasteiger partial charge on any atom is -0.493 e. The van der Waals surface area contributed by atoms with Crippen LogP contribution in [0.5, 0.6) is 11.5 Å². The molecule has 0 spiro atoms. The molecule has 7 heteroatoms. The Balaban J connectivity index is 3.32. The fourth-order valence-corrected chi connectivity index (χ4v) is 2.14. The van der Waals surface area contributed by atoms with Gasteiger partial charge in [0.1, 0.15) is 5.56 Å². The summed E-state index contributed by atoms with van der Waals surface area (Å²) in [6, 6.07) is 2.60. The van der Waals surface area contributed by atoms with E-state index in [1.54, 1.807) is 14.0 Å². The Bertz CT molecular complexity index is 557. The lowest BCUT2D eigenvalue weighted by atomic mass is 10.1. The van der Waals surface area contributed by atoms with Crippen LogP contribution in [0.15, 0.2) is 12.1 Å². The van der Waals surface area contributed by atoms with Gasteiger partial charge in [-0.25, -0.2) is 0 Å². The van der Waals surface area contributed by atoms with Crippen molar-refractivity contribution in [1.82, 2.24) is 4.90 Å². The lowest BCUT2D eigenvalue weighted by Gasteiger charge is -2.20. The summed E-state index contributed by atoms with van der Waals surface area (Å²) in [4.78, 5) is 24.6. The van der Waals surface area contributed by atoms with Crippen LogP contribution < -0.4 is 9.47 Å². The number of nitrogens with zero attached hydrogens (tertiary/aromatic N) is 2. The molecule has 0 aliphatic rings. The molecule has 22 heavy (non-hydrogen) atoms. The number of carbonyl (C=O) groups is 1. The molecule has 1 aromatic carbocycles. The Kier molecular flexibility index (Phi) is 6.15. The molecule has 0 aliphatic carbocycles. The minimum absolute atomic E-state index is 0.00606. The van der Waals surface area contributed by atoms with Crippen LogP contribution in [0.1, 0.15) is 31.1 Å². The average Bonchev–Trinajstić information content (AvgIpc) is 2.45. The Hall–Kier alpha value is -2.31. The number of methoxy groups -OCH3 is 1. The fourth-order valence-electron chi connectivity index (χ4n) is 2.14. The van der Waals surface area contributed by atoms with E-state index in [1.165, 1.54) is 24.1 Å². The summed E-state index contributed by atoms with van der Waals surface area (Å²) in [6.07, 6.45) is 0. The van der Waals surface area contributed by atoms with Gasteiger partial charge in [-0.3, -0.25) is 14.9 Å². The molecular formula is C15H22N2O5. The van der Waals surface area contributed by atoms with Gasteiger partial charge in [0.15, 0.2) is 11.5 Å². The molecule has 0 atom stereocenters. The molecule has 0 unspecified atom stereocenters. The molecule has 0 saturated carbocycles. The van der Waals surface area contributed by atoms with E-state index in [0.717, 1.165) is 0 Å². The molecule has 0 heterocycles. The summed E-state index contributed by atoms with van der Waals surface area (Å²) < 4.78 is 10.5. The van der Waals surface area contributed by atoms with E-state index in [1.807, 2.05) is 13.8 Å². The molecule has 0 bridgehead atoms. The summed E-state index contributed by atoms with van der Waals surface area (Å²) in [5, 5.41) is 11.3. The highest BCUT2D eigenvalue weighted by molar-refractivity contribution is 5.99. The van der Waals surface area contributed by atoms with Gasteiger partial charge >= 0.3 is 0 Å². The van der Waals surface area contributed by atoms with Crippen molar-refractivity contribution in [3.8, 4) is 11.5 Å². The van der Waals surface area contributed by atoms with Gasteiger partial charge in [0.05, 0.1) is 24.7 Å². The Morgan fingerprint density at radius 3 is 2.45 bits per heavy atom. The predicted octanol–water partition coefficient (Wildman–Crippen LogP) is 2.73. The van der Waals surface area contributed by atoms with Gasteiger partial charge < -0.3 is 14.4 Å². The standard InChI is InChI=1S/C15H22N2O5/c1-6-22-14-8-12(17(19)20)11(7-13(14)21-5)15(18)16(4)9-10(2)3/h7-8,10H,6,9H2,1-5H3. The molecule has 0 aromatic heterocycles. The van der Waals surface area contributed by atoms with Gasteiger partial charge in [-0.1, -0.05) is 13.8 Å². The van der Waals surface area contributed by atoms with E-state index < -0.39 is 10.8 Å². The zero-order valence-electron chi connectivity index (χ0n) is 13.6. The molecular weight excluding hydrogens is 288 g/mol. The third-order valence-electron chi connectivity index (χ3n) is 2.99. The van der Waals surface area contributed by atoms with Crippen LogP contribution in [-0.2, 0) is 0 Å². The Morgan fingerprint density at radius 2 is 2.00 bits per heavy atom. The summed E-state index contributed by atoms with van der Waals surface area (Å²) in [5.41, 5.74) is -0.293. The van der Waals surface area contributed by atoms with Crippen LogP contribution >= 0.6 is 0 Å². The molecule has 1 rings (SSSR count). The first-order valence-electron chi connectivity index (χ1n) is 7.06. The largest absolute Gasteiger partial charge is 0.493 e. The summed E-state index contributed by atoms with van der Waals surface area (Å²) in [6.45, 7) is 6.55. The second kappa shape index (κ2) is 7.63. The van der Waals surface area contributed by atoms with Crippen LogP contribution in [0, 0.1) is 16.0 Å². The number of carbonyl (C=O) groups excluding carboxylic acids is 1. The highest BCUT2D eigenvalue weighted by Gasteiger charge is 2.26. The topological polar surface area (TPSA) is 81.9 Å². The maximum Gasteiger partial charge on any atom is 0.286 e. The van der Waals surface area contributed by atoms with Crippen molar-refractivity contribution >= 4 is 11.6 Å². The monoisotopic (exact) mass is 310 g/mol. The van der Waals surface area contributed by atoms with E-state index in [9.17, 15) is 14.9 Å². The van der Waals surface area contributed by atoms with Crippen molar-refractivity contribution in [3.05, 3.63) is 27.8 Å². The normalized spacial score (nSPS) is 10.5. The maximum atomic E-state index is 12.5. The fraction of sp³-hybridized carbons (Fsp3) is 0.533. The number of hydrogen-bond donors (Lipinski definition) is 0. The molecule has 0 radical (unpaired) electrons. The van der Waals surface area contributed by atoms with Crippen LogP contribution in [0.2, 0.25) is 0 Å². The second-order valence-corrected chi connectivity index (χ2v) is 5.29. The highest BCUT2D eigenvalue weighted by Crippen LogP contribution is 2.35. The van der Waals surface area contributed by atoms with E-state index in [4.69, 9.17) is 9.47 Å². The van der Waals surface area contributed by atoms with Crippen molar-refractivity contribution in [3.63, 3.8) is 0 Å². The van der Waals surface area contributed by atoms with Crippen LogP contribution in [0.3, 0.4) is 0 Å². The van der Waals surface area contributed by atoms with Gasteiger partial charge in [-0.15, -0.1) is 0 Å². The molecule has 0 saturated heterocycles. The molecule has 1 aromatic rings. The lowest BCUT2D eigenvalue weighted by molar-refractivity contribution is -0.385. The molecule has 0 N–H and O–H groups in total. The maximum absolute atomic E-state index is 12.5. The minimum atomic E-state index is -0.585. The zero-order chi connectivity index (χ0) is 16.9.